The van der Waals surface area contributed by atoms with Gasteiger partial charge in [0.25, 0.3) is 0 Å². The molecule has 1 heterocycles. The summed E-state index contributed by atoms with van der Waals surface area (Å²) in [7, 11) is -1.45. The van der Waals surface area contributed by atoms with Crippen LogP contribution in [0.15, 0.2) is 24.3 Å². The fourth-order valence-corrected chi connectivity index (χ4v) is 4.67. The van der Waals surface area contributed by atoms with Crippen molar-refractivity contribution in [2.45, 2.75) is 32.7 Å². The van der Waals surface area contributed by atoms with Crippen LogP contribution in [0, 0.1) is 6.92 Å². The molecule has 2 rings (SSSR count). The lowest BCUT2D eigenvalue weighted by Gasteiger charge is -2.32. The zero-order valence-electron chi connectivity index (χ0n) is 17.5. The number of hydrogen-bond acceptors (Lipinski definition) is 5. The van der Waals surface area contributed by atoms with E-state index in [1.807, 2.05) is 26.0 Å². The highest BCUT2D eigenvalue weighted by Gasteiger charge is 2.31. The van der Waals surface area contributed by atoms with Crippen molar-refractivity contribution in [3.63, 3.8) is 0 Å². The Hall–Kier alpha value is -1.64. The Labute approximate surface area is 169 Å². The monoisotopic (exact) mass is 410 g/mol. The van der Waals surface area contributed by atoms with Crippen molar-refractivity contribution >= 4 is 21.6 Å². The molecule has 158 valence electrons. The van der Waals surface area contributed by atoms with E-state index < -0.39 is 16.1 Å². The molecular weight excluding hydrogens is 376 g/mol. The smallest absolute Gasteiger partial charge is 0.243 e. The van der Waals surface area contributed by atoms with Crippen LogP contribution in [0.1, 0.15) is 25.3 Å². The van der Waals surface area contributed by atoms with Gasteiger partial charge in [0.2, 0.25) is 15.9 Å². The molecule has 1 aliphatic rings. The van der Waals surface area contributed by atoms with Gasteiger partial charge in [0.15, 0.2) is 0 Å². The number of benzene rings is 1. The number of hydrogen-bond donors (Lipinski definition) is 1. The van der Waals surface area contributed by atoms with Crippen molar-refractivity contribution < 1.29 is 13.2 Å². The number of rotatable bonds is 9. The van der Waals surface area contributed by atoms with Gasteiger partial charge in [-0.05, 0) is 45.5 Å². The summed E-state index contributed by atoms with van der Waals surface area (Å²) in [5.74, 6) is -0.244. The molecule has 0 aromatic heterocycles. The molecule has 0 bridgehead atoms. The summed E-state index contributed by atoms with van der Waals surface area (Å²) in [6.45, 7) is 9.52. The molecule has 8 heteroatoms. The maximum Gasteiger partial charge on any atom is 0.243 e. The number of sulfonamides is 1. The maximum atomic E-state index is 12.8. The summed E-state index contributed by atoms with van der Waals surface area (Å²) in [5, 5.41) is 2.93. The van der Waals surface area contributed by atoms with Crippen molar-refractivity contribution in [3.8, 4) is 0 Å². The van der Waals surface area contributed by atoms with Gasteiger partial charge >= 0.3 is 0 Å². The zero-order valence-corrected chi connectivity index (χ0v) is 18.3. The molecule has 1 aromatic carbocycles. The van der Waals surface area contributed by atoms with E-state index in [1.54, 1.807) is 12.1 Å². The Kier molecular flexibility index (Phi) is 8.27. The first-order valence-electron chi connectivity index (χ1n) is 9.97. The van der Waals surface area contributed by atoms with E-state index >= 15 is 0 Å². The Morgan fingerprint density at radius 3 is 2.32 bits per heavy atom. The minimum absolute atomic E-state index is 0.244. The molecule has 1 N–H and O–H groups in total. The summed E-state index contributed by atoms with van der Waals surface area (Å²) >= 11 is 0. The second-order valence-corrected chi connectivity index (χ2v) is 9.47. The van der Waals surface area contributed by atoms with Gasteiger partial charge in [-0.1, -0.05) is 24.6 Å². The lowest BCUT2D eigenvalue weighted by molar-refractivity contribution is -0.122. The Balaban J connectivity index is 1.95. The summed E-state index contributed by atoms with van der Waals surface area (Å²) in [6.07, 6.45) is 2.41. The third kappa shape index (κ3) is 6.46. The molecule has 1 saturated heterocycles. The molecule has 0 radical (unpaired) electrons. The van der Waals surface area contributed by atoms with Crippen molar-refractivity contribution in [1.29, 1.82) is 0 Å². The molecule has 0 saturated carbocycles. The molecule has 1 unspecified atom stereocenters. The number of nitrogens with one attached hydrogen (secondary N) is 1. The van der Waals surface area contributed by atoms with E-state index in [1.165, 1.54) is 4.31 Å². The number of anilines is 1. The minimum Gasteiger partial charge on any atom is -0.354 e. The van der Waals surface area contributed by atoms with Crippen LogP contribution in [-0.4, -0.2) is 82.7 Å². The lowest BCUT2D eigenvalue weighted by atomic mass is 10.1. The van der Waals surface area contributed by atoms with Gasteiger partial charge in [0.1, 0.15) is 6.04 Å². The third-order valence-corrected chi connectivity index (χ3v) is 6.34. The topological polar surface area (TPSA) is 73.0 Å². The van der Waals surface area contributed by atoms with E-state index in [4.69, 9.17) is 0 Å². The van der Waals surface area contributed by atoms with Crippen molar-refractivity contribution in [2.75, 3.05) is 56.9 Å². The van der Waals surface area contributed by atoms with Gasteiger partial charge in [0, 0.05) is 32.7 Å². The molecule has 1 amide bonds. The quantitative estimate of drug-likeness (QED) is 0.621. The second-order valence-electron chi connectivity index (χ2n) is 7.61. The van der Waals surface area contributed by atoms with Gasteiger partial charge in [-0.25, -0.2) is 8.42 Å². The van der Waals surface area contributed by atoms with Crippen LogP contribution in [0.3, 0.4) is 0 Å². The van der Waals surface area contributed by atoms with Crippen LogP contribution in [-0.2, 0) is 14.8 Å². The van der Waals surface area contributed by atoms with Crippen LogP contribution in [0.25, 0.3) is 0 Å². The fraction of sp³-hybridized carbons (Fsp3) is 0.650. The molecule has 1 aliphatic heterocycles. The van der Waals surface area contributed by atoms with Gasteiger partial charge in [0.05, 0.1) is 11.9 Å². The lowest BCUT2D eigenvalue weighted by Crippen LogP contribution is -2.50. The van der Waals surface area contributed by atoms with E-state index in [9.17, 15) is 13.2 Å². The maximum absolute atomic E-state index is 12.8. The second kappa shape index (κ2) is 10.2. The van der Waals surface area contributed by atoms with Gasteiger partial charge in [-0.3, -0.25) is 9.10 Å². The predicted octanol–water partition coefficient (Wildman–Crippen LogP) is 1.29. The molecule has 28 heavy (non-hydrogen) atoms. The van der Waals surface area contributed by atoms with E-state index in [-0.39, 0.29) is 5.91 Å². The molecule has 1 aromatic rings. The SMILES string of the molecule is CCC(C(=O)NCCCN1CCN(C)CC1)N(c1ccc(C)cc1)S(C)(=O)=O. The van der Waals surface area contributed by atoms with E-state index in [0.29, 0.717) is 18.7 Å². The molecular formula is C20H34N4O3S. The van der Waals surface area contributed by atoms with Crippen molar-refractivity contribution in [3.05, 3.63) is 29.8 Å². The Morgan fingerprint density at radius 2 is 1.79 bits per heavy atom. The summed E-state index contributed by atoms with van der Waals surface area (Å²) in [4.78, 5) is 17.5. The number of amides is 1. The largest absolute Gasteiger partial charge is 0.354 e. The number of carbonyl (C=O) groups is 1. The van der Waals surface area contributed by atoms with Crippen LogP contribution >= 0.6 is 0 Å². The van der Waals surface area contributed by atoms with Crippen LogP contribution in [0.4, 0.5) is 5.69 Å². The Bertz CT molecular complexity index is 728. The molecule has 1 fully saturated rings. The number of carbonyl (C=O) groups excluding carboxylic acids is 1. The van der Waals surface area contributed by atoms with Gasteiger partial charge < -0.3 is 15.1 Å². The van der Waals surface area contributed by atoms with Crippen molar-refractivity contribution in [1.82, 2.24) is 15.1 Å². The number of likely N-dealkylation sites (N-methyl/N-ethyl adjacent to an activating group) is 1. The van der Waals surface area contributed by atoms with E-state index in [2.05, 4.69) is 22.2 Å². The first-order chi connectivity index (χ1) is 13.2. The molecule has 7 nitrogen and oxygen atoms in total. The van der Waals surface area contributed by atoms with Gasteiger partial charge in [-0.15, -0.1) is 0 Å². The standard InChI is InChI=1S/C20H34N4O3S/c1-5-19(24(28(4,26)27)18-9-7-17(2)8-10-18)20(25)21-11-6-12-23-15-13-22(3)14-16-23/h7-10,19H,5-6,11-16H2,1-4H3,(H,21,25). The van der Waals surface area contributed by atoms with Crippen LogP contribution in [0.5, 0.6) is 0 Å². The van der Waals surface area contributed by atoms with E-state index in [0.717, 1.165) is 51.0 Å². The summed E-state index contributed by atoms with van der Waals surface area (Å²) in [5.41, 5.74) is 1.56. The number of piperazine rings is 1. The third-order valence-electron chi connectivity index (χ3n) is 5.16. The zero-order chi connectivity index (χ0) is 20.7. The van der Waals surface area contributed by atoms with Crippen molar-refractivity contribution in [2.24, 2.45) is 0 Å². The highest BCUT2D eigenvalue weighted by molar-refractivity contribution is 7.92. The fourth-order valence-electron chi connectivity index (χ4n) is 3.46. The highest BCUT2D eigenvalue weighted by atomic mass is 32.2. The molecule has 0 spiro atoms. The summed E-state index contributed by atoms with van der Waals surface area (Å²) in [6, 6.07) is 6.46. The first kappa shape index (κ1) is 22.6. The minimum atomic E-state index is -3.58. The first-order valence-corrected chi connectivity index (χ1v) is 11.8. The van der Waals surface area contributed by atoms with Crippen LogP contribution in [0.2, 0.25) is 0 Å². The average molecular weight is 411 g/mol. The van der Waals surface area contributed by atoms with Gasteiger partial charge in [-0.2, -0.15) is 0 Å². The molecule has 0 aliphatic carbocycles. The Morgan fingerprint density at radius 1 is 1.18 bits per heavy atom. The normalized spacial score (nSPS) is 17.3. The summed E-state index contributed by atoms with van der Waals surface area (Å²) < 4.78 is 26.1. The highest BCUT2D eigenvalue weighted by Crippen LogP contribution is 2.23. The number of nitrogens with zero attached hydrogens (tertiary/aromatic N) is 3. The average Bonchev–Trinajstić information content (AvgIpc) is 2.64. The molecule has 1 atom stereocenters. The number of aryl methyl sites for hydroxylation is 1. The predicted molar refractivity (Wildman–Crippen MR) is 114 cm³/mol. The van der Waals surface area contributed by atoms with Crippen LogP contribution < -0.4 is 9.62 Å².